The third-order valence-electron chi connectivity index (χ3n) is 20.4. The smallest absolute Gasteiger partial charge is 0.252 e. The summed E-state index contributed by atoms with van der Waals surface area (Å²) in [7, 11) is 0. The van der Waals surface area contributed by atoms with Gasteiger partial charge >= 0.3 is 0 Å². The lowest BCUT2D eigenvalue weighted by atomic mass is 9.33. The maximum absolute atomic E-state index is 9.59. The molecule has 5 heterocycles. The fraction of sp³-hybridized carbons (Fsp3) is 0.133. The number of fused-ring (bicyclic) bond motifs is 13. The van der Waals surface area contributed by atoms with Crippen molar-refractivity contribution < 1.29 is 11.3 Å². The summed E-state index contributed by atoms with van der Waals surface area (Å²) < 4.78 is 58.0. The molecule has 0 aliphatic carbocycles. The number of furan rings is 1. The second-order valence-electron chi connectivity index (χ2n) is 29.3. The van der Waals surface area contributed by atoms with Gasteiger partial charge in [-0.2, -0.15) is 0 Å². The number of nitrogens with zero attached hydrogens (tertiary/aromatic N) is 4. The second-order valence-corrected chi connectivity index (χ2v) is 29.3. The Bertz CT molecular complexity index is 6070. The predicted molar refractivity (Wildman–Crippen MR) is 409 cm³/mol. The fourth-order valence-corrected chi connectivity index (χ4v) is 15.6. The summed E-state index contributed by atoms with van der Waals surface area (Å²) in [6.45, 7) is 20.2. The van der Waals surface area contributed by atoms with Gasteiger partial charge in [0.2, 0.25) is 0 Å². The minimum atomic E-state index is -0.433. The van der Waals surface area contributed by atoms with Crippen LogP contribution in [0, 0.1) is 0 Å². The Labute approximate surface area is 568 Å². The number of benzene rings is 13. The van der Waals surface area contributed by atoms with E-state index in [4.69, 9.17) is 8.53 Å². The molecule has 2 aliphatic heterocycles. The molecule has 0 saturated carbocycles. The van der Waals surface area contributed by atoms with Crippen LogP contribution in [0.15, 0.2) is 283 Å². The molecule has 0 bridgehead atoms. The highest BCUT2D eigenvalue weighted by molar-refractivity contribution is 7.00. The number of rotatable bonds is 7. The molecule has 0 spiro atoms. The topological polar surface area (TPSA) is 29.5 Å². The summed E-state index contributed by atoms with van der Waals surface area (Å²) in [5.41, 5.74) is 24.6. The molecule has 0 unspecified atom stereocenters. The van der Waals surface area contributed by atoms with Crippen LogP contribution in [0.5, 0.6) is 0 Å². The van der Waals surface area contributed by atoms with E-state index in [1.807, 2.05) is 6.07 Å². The van der Waals surface area contributed by atoms with Crippen LogP contribution in [0.2, 0.25) is 0 Å². The number of hydrogen-bond donors (Lipinski definition) is 0. The zero-order valence-corrected chi connectivity index (χ0v) is 55.4. The van der Waals surface area contributed by atoms with Crippen LogP contribution in [0.1, 0.15) is 85.9 Å². The molecule has 3 aromatic heterocycles. The third kappa shape index (κ3) is 8.91. The molecule has 0 radical (unpaired) electrons. The van der Waals surface area contributed by atoms with E-state index < -0.39 is 18.2 Å². The zero-order valence-electron chi connectivity index (χ0n) is 60.4. The van der Waals surface area contributed by atoms with Crippen molar-refractivity contribution in [2.45, 2.75) is 78.6 Å². The average Bonchev–Trinajstić information content (AvgIpc) is 1.60. The summed E-state index contributed by atoms with van der Waals surface area (Å²) in [6.07, 6.45) is 0. The van der Waals surface area contributed by atoms with Gasteiger partial charge in [0, 0.05) is 66.6 Å². The Morgan fingerprint density at radius 1 is 0.333 bits per heavy atom. The van der Waals surface area contributed by atoms with E-state index in [0.29, 0.717) is 5.56 Å². The molecule has 0 amide bonds. The van der Waals surface area contributed by atoms with Crippen molar-refractivity contribution in [1.29, 1.82) is 0 Å². The molecule has 0 saturated heterocycles. The molecule has 0 N–H and O–H groups in total. The summed E-state index contributed by atoms with van der Waals surface area (Å²) in [5.74, 6) is 0. The largest absolute Gasteiger partial charge is 0.456 e. The summed E-state index contributed by atoms with van der Waals surface area (Å²) >= 11 is 0. The van der Waals surface area contributed by atoms with Crippen LogP contribution in [0.3, 0.4) is 0 Å². The van der Waals surface area contributed by atoms with E-state index in [1.54, 1.807) is 0 Å². The van der Waals surface area contributed by atoms with Gasteiger partial charge in [-0.1, -0.05) is 238 Å². The first-order valence-electron chi connectivity index (χ1n) is 36.0. The van der Waals surface area contributed by atoms with Crippen LogP contribution >= 0.6 is 0 Å². The van der Waals surface area contributed by atoms with Crippen LogP contribution in [-0.4, -0.2) is 15.8 Å². The average molecular weight is 1240 g/mol. The molecule has 6 heteroatoms. The summed E-state index contributed by atoms with van der Waals surface area (Å²) in [6, 6.07) is 88.9. The number of hydrogen-bond acceptors (Lipinski definition) is 3. The lowest BCUT2D eigenvalue weighted by Crippen LogP contribution is -2.61. The SMILES string of the molecule is [2H]c1c([2H])c([2H])c(-c2ccc3c(c2)N(c2cc(-c4ccccc4)cc4c2c2ccccc2n4-c2ccccc2)c2cc(C(C)(C)C)cc4c2B3c2ccc(-n3c5ccc(C(C)(C)C)cc5c5cc(C(C)(C)C)ccc53)cc2N4c2c(-c3ccccc3)ccc3oc4ccccc4c23)c([2H])c1[2H]. The van der Waals surface area contributed by atoms with Gasteiger partial charge in [0.25, 0.3) is 6.71 Å². The molecular formula is C90H73BN4O. The standard InChI is InChI=1S/C90H73BN4O/c1-88(2,3)61-39-45-74-69(51-61)70-52-62(89(4,5)6)40-46-75(70)93(74)65-41-44-72-77(55-65)95(87-66(58-30-18-12-19-31-58)42-47-83-85(87)68-35-23-25-37-82(68)96-83)81-54-63(90(7,8)9)53-80-86(81)91(72)71-43-38-59(56-26-14-10-15-27-56)48-76(71)94(80)79-50-60(57-28-16-11-17-29-57)49-78-84(79)67-34-22-24-36-73(67)92(78)64-32-20-13-21-33-64/h10-55H,1-9H3/i10D,14D,15D,26D,27D. The fourth-order valence-electron chi connectivity index (χ4n) is 15.6. The zero-order chi connectivity index (χ0) is 69.4. The van der Waals surface area contributed by atoms with Gasteiger partial charge in [0.1, 0.15) is 11.2 Å². The first-order valence-corrected chi connectivity index (χ1v) is 33.5. The van der Waals surface area contributed by atoms with Gasteiger partial charge in [0.15, 0.2) is 0 Å². The van der Waals surface area contributed by atoms with Crippen molar-refractivity contribution in [2.24, 2.45) is 0 Å². The molecule has 96 heavy (non-hydrogen) atoms. The summed E-state index contributed by atoms with van der Waals surface area (Å²) in [4.78, 5) is 5.05. The first-order chi connectivity index (χ1) is 48.6. The number of aromatic nitrogens is 2. The van der Waals surface area contributed by atoms with Crippen LogP contribution in [0.4, 0.5) is 34.1 Å². The third-order valence-corrected chi connectivity index (χ3v) is 20.4. The highest BCUT2D eigenvalue weighted by atomic mass is 16.3. The molecule has 462 valence electrons. The van der Waals surface area contributed by atoms with Crippen LogP contribution < -0.4 is 26.2 Å². The molecule has 13 aromatic carbocycles. The van der Waals surface area contributed by atoms with Gasteiger partial charge < -0.3 is 23.4 Å². The molecule has 5 nitrogen and oxygen atoms in total. The minimum Gasteiger partial charge on any atom is -0.456 e. The Balaban J connectivity index is 1.03. The lowest BCUT2D eigenvalue weighted by molar-refractivity contribution is 0.590. The highest BCUT2D eigenvalue weighted by Crippen LogP contribution is 2.55. The van der Waals surface area contributed by atoms with Crippen molar-refractivity contribution in [3.05, 3.63) is 296 Å². The van der Waals surface area contributed by atoms with Crippen molar-refractivity contribution in [1.82, 2.24) is 9.13 Å². The van der Waals surface area contributed by atoms with E-state index in [-0.39, 0.29) is 40.6 Å². The molecule has 0 atom stereocenters. The van der Waals surface area contributed by atoms with E-state index >= 15 is 0 Å². The van der Waals surface area contributed by atoms with E-state index in [9.17, 15) is 2.74 Å². The number of para-hydroxylation sites is 3. The second kappa shape index (κ2) is 21.2. The van der Waals surface area contributed by atoms with Gasteiger partial charge in [0.05, 0.1) is 45.7 Å². The van der Waals surface area contributed by atoms with Crippen molar-refractivity contribution in [3.63, 3.8) is 0 Å². The number of anilines is 6. The Morgan fingerprint density at radius 2 is 0.885 bits per heavy atom. The van der Waals surface area contributed by atoms with E-state index in [0.717, 1.165) is 144 Å². The van der Waals surface area contributed by atoms with Gasteiger partial charge in [-0.3, -0.25) is 0 Å². The monoisotopic (exact) mass is 1240 g/mol. The maximum atomic E-state index is 9.59. The molecule has 0 fully saturated rings. The van der Waals surface area contributed by atoms with Crippen LogP contribution in [-0.2, 0) is 16.2 Å². The Hall–Kier alpha value is -11.1. The molecule has 16 aromatic rings. The first kappa shape index (κ1) is 52.3. The summed E-state index contributed by atoms with van der Waals surface area (Å²) in [5, 5.41) is 6.50. The van der Waals surface area contributed by atoms with Gasteiger partial charge in [-0.25, -0.2) is 0 Å². The predicted octanol–water partition coefficient (Wildman–Crippen LogP) is 22.8. The van der Waals surface area contributed by atoms with Gasteiger partial charge in [-0.05, 0) is 180 Å². The molecular weight excluding hydrogens is 1160 g/mol. The van der Waals surface area contributed by atoms with Gasteiger partial charge in [-0.15, -0.1) is 0 Å². The Kier molecular flexibility index (Phi) is 11.6. The maximum Gasteiger partial charge on any atom is 0.252 e. The highest BCUT2D eigenvalue weighted by Gasteiger charge is 2.46. The molecule has 18 rings (SSSR count). The lowest BCUT2D eigenvalue weighted by Gasteiger charge is -2.46. The quantitative estimate of drug-likeness (QED) is 0.149. The van der Waals surface area contributed by atoms with E-state index in [1.165, 1.54) is 21.9 Å². The van der Waals surface area contributed by atoms with Crippen LogP contribution in [0.25, 0.3) is 110 Å². The molecule has 2 aliphatic rings. The van der Waals surface area contributed by atoms with Crippen molar-refractivity contribution >= 4 is 123 Å². The normalized spacial score (nSPS) is 13.9. The van der Waals surface area contributed by atoms with Crippen molar-refractivity contribution in [2.75, 3.05) is 9.80 Å². The minimum absolute atomic E-state index is 0.0947. The van der Waals surface area contributed by atoms with E-state index in [2.05, 4.69) is 324 Å². The Morgan fingerprint density at radius 3 is 1.55 bits per heavy atom. The van der Waals surface area contributed by atoms with Crippen molar-refractivity contribution in [3.8, 4) is 44.8 Å².